The summed E-state index contributed by atoms with van der Waals surface area (Å²) in [6.45, 7) is 19.5. The molecule has 16 heterocycles. The first-order chi connectivity index (χ1) is 59.7. The lowest BCUT2D eigenvalue weighted by Gasteiger charge is -2.34. The fourth-order valence-corrected chi connectivity index (χ4v) is 17.7. The summed E-state index contributed by atoms with van der Waals surface area (Å²) in [6.07, 6.45) is 63.1. The van der Waals surface area contributed by atoms with Crippen LogP contribution in [0, 0.1) is 5.92 Å². The highest BCUT2D eigenvalue weighted by atomic mass is 16.3. The number of rotatable bonds is 28. The average molecular weight is 1650 g/mol. The Hall–Kier alpha value is -12.0. The highest BCUT2D eigenvalue weighted by Gasteiger charge is 2.33. The number of aromatic amines is 1. The van der Waals surface area contributed by atoms with Gasteiger partial charge in [0.15, 0.2) is 0 Å². The van der Waals surface area contributed by atoms with Crippen molar-refractivity contribution >= 4 is 22.1 Å². The Kier molecular flexibility index (Phi) is 24.8. The SMILES string of the molecule is CCC(CC)n1cc(-c2nc(-c3cnn(C4CC(O)C4)c3)cn3nccc23)cn1.CCC(CC)n1cc(-c2nc(-c3cnn(CCNC4CC(CO)C4)c3)c[n+]3[nH]ccc23)cn1.CCC(CC)n1cc(-c2nc(-c3cnn([C@@H]4CCC[C@H]4O)c3)cn3nccc23)cn1.CCC(CC)n1cc(-c2nc(-c3cnn([C@H]4CCC[C@@H]4O)c3)cn3nccc23)cn1. The number of aliphatic hydroxyl groups is 4. The summed E-state index contributed by atoms with van der Waals surface area (Å²) in [6, 6.07) is 10.4. The van der Waals surface area contributed by atoms with E-state index >= 15 is 0 Å². The van der Waals surface area contributed by atoms with Crippen LogP contribution in [0.15, 0.2) is 173 Å². The summed E-state index contributed by atoms with van der Waals surface area (Å²) in [5.41, 5.74) is 18.3. The molecule has 636 valence electrons. The van der Waals surface area contributed by atoms with Crippen molar-refractivity contribution in [2.24, 2.45) is 5.92 Å². The third-order valence-corrected chi connectivity index (χ3v) is 25.3. The maximum Gasteiger partial charge on any atom is 0.263 e. The van der Waals surface area contributed by atoms with Gasteiger partial charge in [-0.25, -0.2) is 33.5 Å². The van der Waals surface area contributed by atoms with Crippen LogP contribution in [0.1, 0.15) is 213 Å². The molecule has 0 saturated heterocycles. The van der Waals surface area contributed by atoms with Gasteiger partial charge in [0, 0.05) is 119 Å². The molecule has 0 spiro atoms. The Morgan fingerprint density at radius 2 is 0.795 bits per heavy atom. The Morgan fingerprint density at radius 1 is 0.410 bits per heavy atom. The molecular formula is C89H112N29O4+. The quantitative estimate of drug-likeness (QED) is 0.0248. The summed E-state index contributed by atoms with van der Waals surface area (Å²) in [7, 11) is 0. The van der Waals surface area contributed by atoms with Gasteiger partial charge >= 0.3 is 0 Å². The predicted molar refractivity (Wildman–Crippen MR) is 463 cm³/mol. The average Bonchev–Trinajstić information content (AvgIpc) is 1.58. The van der Waals surface area contributed by atoms with Gasteiger partial charge in [-0.05, 0) is 140 Å². The molecule has 4 saturated carbocycles. The van der Waals surface area contributed by atoms with Crippen LogP contribution in [0.4, 0.5) is 0 Å². The standard InChI is InChI=1S/C24H32N8O.2C22H27N7O.C21H25N7O/c1-3-21(4-2)31-14-19(12-28-31)24-23-5-6-26-32(23)15-22(29-24)18-11-27-30(13-18)8-7-25-20-9-17(10-20)16-33;2*1-3-17(4-2)27-13-16(11-24-27)22-20-8-9-23-29(20)14-18(26-22)15-10-25-28(12-15)19-6-5-7-21(19)30;1-3-16(4-2)26-12-15(10-24-26)21-20-5-6-22-28(20)13-19(25-21)14-9-23-27(11-14)17-7-18(29)8-17/h5-6,11-15,17,20-21,25,33H,3-4,7-10,16H2,1-2H3;2*8-14,17,19,21,30H,3-7H2,1-2H3;5-6,9-13,16-18,29H,3-4,7-8H2,1-2H3/p+1/t;2*19-,21-;/m.10./s1. The van der Waals surface area contributed by atoms with E-state index in [9.17, 15) is 15.3 Å². The zero-order valence-electron chi connectivity index (χ0n) is 70.8. The van der Waals surface area contributed by atoms with Crippen molar-refractivity contribution in [2.45, 2.75) is 244 Å². The van der Waals surface area contributed by atoms with Gasteiger partial charge in [-0.1, -0.05) is 59.9 Å². The summed E-state index contributed by atoms with van der Waals surface area (Å²) >= 11 is 0. The van der Waals surface area contributed by atoms with Gasteiger partial charge < -0.3 is 25.7 Å². The second-order valence-corrected chi connectivity index (χ2v) is 33.0. The summed E-state index contributed by atoms with van der Waals surface area (Å²) < 4.78 is 23.4. The molecule has 0 amide bonds. The lowest BCUT2D eigenvalue weighted by Crippen LogP contribution is -2.43. The largest absolute Gasteiger partial charge is 0.396 e. The topological polar surface area (TPSA) is 359 Å². The van der Waals surface area contributed by atoms with Gasteiger partial charge in [-0.3, -0.25) is 37.5 Å². The van der Waals surface area contributed by atoms with Gasteiger partial charge in [-0.2, -0.15) is 61.2 Å². The molecule has 0 aliphatic heterocycles. The highest BCUT2D eigenvalue weighted by Crippen LogP contribution is 2.38. The third-order valence-electron chi connectivity index (χ3n) is 25.3. The molecule has 0 radical (unpaired) electrons. The van der Waals surface area contributed by atoms with Crippen LogP contribution in [-0.4, -0.2) is 190 Å². The van der Waals surface area contributed by atoms with Crippen molar-refractivity contribution in [1.29, 1.82) is 0 Å². The maximum absolute atomic E-state index is 10.2. The van der Waals surface area contributed by atoms with Gasteiger partial charge in [0.05, 0.1) is 211 Å². The van der Waals surface area contributed by atoms with E-state index in [2.05, 4.69) is 151 Å². The molecule has 4 atom stereocenters. The smallest absolute Gasteiger partial charge is 0.263 e. The van der Waals surface area contributed by atoms with Gasteiger partial charge in [-0.15, -0.1) is 0 Å². The summed E-state index contributed by atoms with van der Waals surface area (Å²) in [5.74, 6) is 0.474. The second kappa shape index (κ2) is 36.7. The number of hydrogen-bond acceptors (Lipinski definition) is 20. The van der Waals surface area contributed by atoms with E-state index < -0.39 is 0 Å². The number of fused-ring (bicyclic) bond motifs is 4. The van der Waals surface area contributed by atoms with Crippen LogP contribution in [0.3, 0.4) is 0 Å². The van der Waals surface area contributed by atoms with Gasteiger partial charge in [0.1, 0.15) is 11.4 Å². The Bertz CT molecular complexity index is 5920. The van der Waals surface area contributed by atoms with E-state index in [1.807, 2.05) is 180 Å². The lowest BCUT2D eigenvalue weighted by atomic mass is 9.81. The van der Waals surface area contributed by atoms with Gasteiger partial charge in [0.2, 0.25) is 6.20 Å². The molecule has 0 aromatic carbocycles. The Labute approximate surface area is 707 Å². The van der Waals surface area contributed by atoms with Crippen molar-refractivity contribution in [3.8, 4) is 90.1 Å². The van der Waals surface area contributed by atoms with Crippen molar-refractivity contribution in [3.63, 3.8) is 0 Å². The second-order valence-electron chi connectivity index (χ2n) is 33.0. The molecule has 16 aromatic rings. The number of nitrogens with one attached hydrogen (secondary N) is 2. The van der Waals surface area contributed by atoms with Crippen LogP contribution in [0.2, 0.25) is 0 Å². The first-order valence-electron chi connectivity index (χ1n) is 43.8. The molecule has 20 rings (SSSR count). The van der Waals surface area contributed by atoms with Crippen molar-refractivity contribution < 1.29 is 24.9 Å². The van der Waals surface area contributed by atoms with Crippen LogP contribution >= 0.6 is 0 Å². The fourth-order valence-electron chi connectivity index (χ4n) is 17.7. The van der Waals surface area contributed by atoms with Crippen molar-refractivity contribution in [3.05, 3.63) is 173 Å². The predicted octanol–water partition coefficient (Wildman–Crippen LogP) is 13.9. The highest BCUT2D eigenvalue weighted by molar-refractivity contribution is 5.81. The molecular weight excluding hydrogens is 1540 g/mol. The molecule has 33 nitrogen and oxygen atoms in total. The normalized spacial score (nSPS) is 19.0. The first kappa shape index (κ1) is 82.3. The minimum Gasteiger partial charge on any atom is -0.396 e. The van der Waals surface area contributed by atoms with Crippen LogP contribution < -0.4 is 9.83 Å². The van der Waals surface area contributed by atoms with E-state index in [0.717, 1.165) is 241 Å². The summed E-state index contributed by atoms with van der Waals surface area (Å²) in [4.78, 5) is 19.9. The van der Waals surface area contributed by atoms with E-state index in [4.69, 9.17) is 25.0 Å². The zero-order valence-corrected chi connectivity index (χ0v) is 70.8. The van der Waals surface area contributed by atoms with Crippen molar-refractivity contribution in [1.82, 2.24) is 137 Å². The Morgan fingerprint density at radius 3 is 1.20 bits per heavy atom. The van der Waals surface area contributed by atoms with E-state index in [1.54, 1.807) is 18.6 Å². The molecule has 4 aliphatic carbocycles. The molecule has 0 unspecified atom stereocenters. The third kappa shape index (κ3) is 17.2. The number of H-pyrrole nitrogens is 1. The number of aliphatic hydroxyl groups excluding tert-OH is 4. The summed E-state index contributed by atoms with van der Waals surface area (Å²) in [5, 5.41) is 95.7. The van der Waals surface area contributed by atoms with Crippen LogP contribution in [0.25, 0.3) is 112 Å². The minimum absolute atomic E-state index is 0.0462. The number of aromatic nitrogens is 28. The van der Waals surface area contributed by atoms with Gasteiger partial charge in [0.25, 0.3) is 5.52 Å². The molecule has 122 heavy (non-hydrogen) atoms. The molecule has 4 aliphatic rings. The monoisotopic (exact) mass is 1650 g/mol. The maximum atomic E-state index is 10.2. The van der Waals surface area contributed by atoms with E-state index in [0.29, 0.717) is 42.7 Å². The molecule has 33 heteroatoms. The molecule has 4 fully saturated rings. The van der Waals surface area contributed by atoms with Crippen LogP contribution in [-0.2, 0) is 6.54 Å². The van der Waals surface area contributed by atoms with E-state index in [1.165, 1.54) is 0 Å². The fraction of sp³-hybridized carbons (Fsp3) is 0.461. The number of hydrogen-bond donors (Lipinski definition) is 6. The van der Waals surface area contributed by atoms with Crippen molar-refractivity contribution in [2.75, 3.05) is 13.2 Å². The van der Waals surface area contributed by atoms with E-state index in [-0.39, 0.29) is 36.4 Å². The Balaban J connectivity index is 0.000000116. The minimum atomic E-state index is -0.328. The first-order valence-corrected chi connectivity index (χ1v) is 43.8. The number of nitrogens with zero attached hydrogens (tertiary/aromatic N) is 27. The lowest BCUT2D eigenvalue weighted by molar-refractivity contribution is -0.576. The zero-order chi connectivity index (χ0) is 84.1. The molecule has 16 aromatic heterocycles. The van der Waals surface area contributed by atoms with Crippen LogP contribution in [0.5, 0.6) is 0 Å². The molecule has 6 N–H and O–H groups in total. The molecule has 0 bridgehead atoms.